The molecule has 4 nitrogen and oxygen atoms in total. The minimum absolute atomic E-state index is 0.316. The number of aliphatic hydroxyl groups excluding tert-OH is 1. The Morgan fingerprint density at radius 2 is 2.15 bits per heavy atom. The molecule has 1 aromatic heterocycles. The molecule has 72 valence electrons. The molecule has 0 aliphatic rings. The summed E-state index contributed by atoms with van der Waals surface area (Å²) < 4.78 is 0. The van der Waals surface area contributed by atoms with Crippen LogP contribution < -0.4 is 5.73 Å². The Balaban J connectivity index is 2.20. The zero-order valence-corrected chi connectivity index (χ0v) is 8.07. The van der Waals surface area contributed by atoms with Crippen molar-refractivity contribution in [3.63, 3.8) is 0 Å². The maximum Gasteiger partial charge on any atom is 0.187 e. The molecule has 1 atom stereocenters. The zero-order chi connectivity index (χ0) is 9.52. The van der Waals surface area contributed by atoms with E-state index in [0.717, 1.165) is 10.9 Å². The first-order chi connectivity index (χ1) is 6.33. The molecule has 13 heavy (non-hydrogen) atoms. The normalized spacial score (nSPS) is 12.8. The first kappa shape index (κ1) is 10.4. The van der Waals surface area contributed by atoms with Gasteiger partial charge in [-0.25, -0.2) is 9.97 Å². The fourth-order valence-corrected chi connectivity index (χ4v) is 1.61. The summed E-state index contributed by atoms with van der Waals surface area (Å²) >= 11 is 1.53. The van der Waals surface area contributed by atoms with Crippen molar-refractivity contribution in [2.24, 2.45) is 5.73 Å². The van der Waals surface area contributed by atoms with Gasteiger partial charge in [0.25, 0.3) is 0 Å². The van der Waals surface area contributed by atoms with E-state index in [1.54, 1.807) is 18.5 Å². The fourth-order valence-electron chi connectivity index (χ4n) is 0.764. The topological polar surface area (TPSA) is 72.0 Å². The molecule has 0 bridgehead atoms. The highest BCUT2D eigenvalue weighted by atomic mass is 32.2. The van der Waals surface area contributed by atoms with Crippen LogP contribution in [0.3, 0.4) is 0 Å². The molecule has 3 N–H and O–H groups in total. The molecule has 0 fully saturated rings. The largest absolute Gasteiger partial charge is 0.392 e. The van der Waals surface area contributed by atoms with E-state index in [-0.39, 0.29) is 0 Å². The van der Waals surface area contributed by atoms with Crippen molar-refractivity contribution in [1.29, 1.82) is 0 Å². The van der Waals surface area contributed by atoms with Crippen molar-refractivity contribution in [3.05, 3.63) is 18.5 Å². The lowest BCUT2D eigenvalue weighted by molar-refractivity contribution is 0.180. The predicted octanol–water partition coefficient (Wildman–Crippen LogP) is 0.278. The molecule has 0 radical (unpaired) electrons. The number of aliphatic hydroxyl groups is 1. The molecule has 1 rings (SSSR count). The summed E-state index contributed by atoms with van der Waals surface area (Å²) in [5.41, 5.74) is 5.26. The molecule has 0 saturated carbocycles. The molecule has 0 spiro atoms. The van der Waals surface area contributed by atoms with Gasteiger partial charge >= 0.3 is 0 Å². The van der Waals surface area contributed by atoms with E-state index >= 15 is 0 Å². The van der Waals surface area contributed by atoms with Crippen LogP contribution in [0.2, 0.25) is 0 Å². The van der Waals surface area contributed by atoms with Crippen molar-refractivity contribution in [2.45, 2.75) is 17.7 Å². The van der Waals surface area contributed by atoms with Gasteiger partial charge in [0.2, 0.25) is 0 Å². The van der Waals surface area contributed by atoms with Crippen LogP contribution in [0.1, 0.15) is 6.42 Å². The first-order valence-corrected chi connectivity index (χ1v) is 5.09. The average Bonchev–Trinajstić information content (AvgIpc) is 2.19. The van der Waals surface area contributed by atoms with E-state index in [4.69, 9.17) is 10.8 Å². The lowest BCUT2D eigenvalue weighted by atomic mass is 10.3. The number of nitrogens with two attached hydrogens (primary N) is 1. The third-order valence-corrected chi connectivity index (χ3v) is 2.41. The van der Waals surface area contributed by atoms with Crippen LogP contribution >= 0.6 is 11.8 Å². The summed E-state index contributed by atoms with van der Waals surface area (Å²) in [7, 11) is 0. The van der Waals surface area contributed by atoms with Gasteiger partial charge < -0.3 is 10.8 Å². The Hall–Kier alpha value is -0.650. The first-order valence-electron chi connectivity index (χ1n) is 4.11. The van der Waals surface area contributed by atoms with Crippen molar-refractivity contribution >= 4 is 11.8 Å². The maximum absolute atomic E-state index is 9.16. The summed E-state index contributed by atoms with van der Waals surface area (Å²) in [6.45, 7) is 0.316. The molecular weight excluding hydrogens is 186 g/mol. The maximum atomic E-state index is 9.16. The van der Waals surface area contributed by atoms with Gasteiger partial charge in [-0.1, -0.05) is 11.8 Å². The van der Waals surface area contributed by atoms with Crippen LogP contribution in [0, 0.1) is 0 Å². The van der Waals surface area contributed by atoms with Gasteiger partial charge in [-0.05, 0) is 12.5 Å². The second-order valence-electron chi connectivity index (χ2n) is 2.56. The van der Waals surface area contributed by atoms with Gasteiger partial charge in [-0.2, -0.15) is 0 Å². The van der Waals surface area contributed by atoms with Gasteiger partial charge in [0.05, 0.1) is 6.10 Å². The highest BCUT2D eigenvalue weighted by Crippen LogP contribution is 2.12. The fraction of sp³-hybridized carbons (Fsp3) is 0.500. The zero-order valence-electron chi connectivity index (χ0n) is 7.26. The number of rotatable bonds is 5. The van der Waals surface area contributed by atoms with E-state index in [9.17, 15) is 0 Å². The van der Waals surface area contributed by atoms with E-state index in [2.05, 4.69) is 9.97 Å². The minimum atomic E-state index is -0.406. The summed E-state index contributed by atoms with van der Waals surface area (Å²) in [4.78, 5) is 8.08. The summed E-state index contributed by atoms with van der Waals surface area (Å²) in [6.07, 6.45) is 3.68. The summed E-state index contributed by atoms with van der Waals surface area (Å²) in [5, 5.41) is 9.90. The number of hydrogen-bond acceptors (Lipinski definition) is 5. The summed E-state index contributed by atoms with van der Waals surface area (Å²) in [5.74, 6) is 0.794. The molecule has 0 aliphatic heterocycles. The van der Waals surface area contributed by atoms with Crippen molar-refractivity contribution in [1.82, 2.24) is 9.97 Å². The van der Waals surface area contributed by atoms with Crippen LogP contribution in [0.4, 0.5) is 0 Å². The number of aromatic nitrogens is 2. The van der Waals surface area contributed by atoms with Crippen molar-refractivity contribution in [2.75, 3.05) is 12.3 Å². The van der Waals surface area contributed by atoms with E-state index in [0.29, 0.717) is 13.0 Å². The third kappa shape index (κ3) is 4.21. The van der Waals surface area contributed by atoms with Crippen LogP contribution in [-0.4, -0.2) is 33.5 Å². The lowest BCUT2D eigenvalue weighted by Crippen LogP contribution is -2.20. The Bertz CT molecular complexity index is 232. The highest BCUT2D eigenvalue weighted by molar-refractivity contribution is 7.99. The Kier molecular flexibility index (Phi) is 4.74. The van der Waals surface area contributed by atoms with Crippen molar-refractivity contribution < 1.29 is 5.11 Å². The van der Waals surface area contributed by atoms with Gasteiger partial charge in [0.15, 0.2) is 5.16 Å². The number of hydrogen-bond donors (Lipinski definition) is 2. The molecule has 0 aliphatic carbocycles. The SMILES string of the molecule is NCC(O)CCSc1ncccn1. The minimum Gasteiger partial charge on any atom is -0.392 e. The summed E-state index contributed by atoms with van der Waals surface area (Å²) in [6, 6.07) is 1.78. The van der Waals surface area contributed by atoms with E-state index in [1.165, 1.54) is 11.8 Å². The number of nitrogens with zero attached hydrogens (tertiary/aromatic N) is 2. The monoisotopic (exact) mass is 199 g/mol. The Morgan fingerprint density at radius 3 is 2.77 bits per heavy atom. The van der Waals surface area contributed by atoms with Gasteiger partial charge in [0, 0.05) is 24.7 Å². The Labute approximate surface area is 81.6 Å². The highest BCUT2D eigenvalue weighted by Gasteiger charge is 2.01. The average molecular weight is 199 g/mol. The quantitative estimate of drug-likeness (QED) is 0.526. The van der Waals surface area contributed by atoms with Crippen LogP contribution in [0.15, 0.2) is 23.6 Å². The standard InChI is InChI=1S/C8H13N3OS/c9-6-7(12)2-5-13-8-10-3-1-4-11-8/h1,3-4,7,12H,2,5-6,9H2. The molecule has 0 aromatic carbocycles. The second kappa shape index (κ2) is 5.90. The predicted molar refractivity (Wildman–Crippen MR) is 52.4 cm³/mol. The molecule has 1 unspecified atom stereocenters. The van der Waals surface area contributed by atoms with E-state index < -0.39 is 6.10 Å². The Morgan fingerprint density at radius 1 is 1.46 bits per heavy atom. The van der Waals surface area contributed by atoms with Crippen molar-refractivity contribution in [3.8, 4) is 0 Å². The van der Waals surface area contributed by atoms with Gasteiger partial charge in [-0.3, -0.25) is 0 Å². The van der Waals surface area contributed by atoms with Crippen LogP contribution in [0.5, 0.6) is 0 Å². The lowest BCUT2D eigenvalue weighted by Gasteiger charge is -2.05. The molecule has 0 amide bonds. The molecular formula is C8H13N3OS. The van der Waals surface area contributed by atoms with E-state index in [1.807, 2.05) is 0 Å². The molecule has 1 heterocycles. The molecule has 1 aromatic rings. The van der Waals surface area contributed by atoms with Crippen LogP contribution in [0.25, 0.3) is 0 Å². The molecule has 5 heteroatoms. The smallest absolute Gasteiger partial charge is 0.187 e. The second-order valence-corrected chi connectivity index (χ2v) is 3.62. The third-order valence-electron chi connectivity index (χ3n) is 1.50. The van der Waals surface area contributed by atoms with Gasteiger partial charge in [-0.15, -0.1) is 0 Å². The number of thioether (sulfide) groups is 1. The van der Waals surface area contributed by atoms with Crippen LogP contribution in [-0.2, 0) is 0 Å². The van der Waals surface area contributed by atoms with Gasteiger partial charge in [0.1, 0.15) is 0 Å². The molecule has 0 saturated heterocycles.